The number of nitrogens with zero attached hydrogens (tertiary/aromatic N) is 2. The van der Waals surface area contributed by atoms with Crippen LogP contribution in [0.4, 0.5) is 11.4 Å². The summed E-state index contributed by atoms with van der Waals surface area (Å²) in [5, 5.41) is 22.9. The Labute approximate surface area is 181 Å². The fourth-order valence-corrected chi connectivity index (χ4v) is 3.30. The first-order valence-corrected chi connectivity index (χ1v) is 9.57. The molecule has 150 valence electrons. The van der Waals surface area contributed by atoms with Crippen molar-refractivity contribution in [1.29, 1.82) is 5.26 Å². The maximum atomic E-state index is 12.5. The van der Waals surface area contributed by atoms with Gasteiger partial charge in [0.1, 0.15) is 11.6 Å². The van der Waals surface area contributed by atoms with Crippen molar-refractivity contribution in [3.8, 4) is 17.6 Å². The van der Waals surface area contributed by atoms with Crippen molar-refractivity contribution in [1.82, 2.24) is 0 Å². The topological polar surface area (TPSA) is 114 Å². The van der Waals surface area contributed by atoms with Crippen LogP contribution in [-0.4, -0.2) is 24.5 Å². The van der Waals surface area contributed by atoms with E-state index in [0.29, 0.717) is 34.9 Å². The maximum Gasteiger partial charge on any atom is 0.269 e. The second kappa shape index (κ2) is 9.88. The Morgan fingerprint density at radius 2 is 2.10 bits per heavy atom. The summed E-state index contributed by atoms with van der Waals surface area (Å²) < 4.78 is 11.7. The number of non-ortho nitro benzene ring substituents is 1. The summed E-state index contributed by atoms with van der Waals surface area (Å²) in [6.07, 6.45) is 1.44. The SMILES string of the molecule is CCOc1c(I)cc(C=C(C#N)C(=O)Nc2ccc([N+](=O)[O-])cc2C)cc1OC. The van der Waals surface area contributed by atoms with Gasteiger partial charge in [-0.25, -0.2) is 0 Å². The summed E-state index contributed by atoms with van der Waals surface area (Å²) in [4.78, 5) is 22.9. The average Bonchev–Trinajstić information content (AvgIpc) is 2.69. The molecule has 0 aliphatic rings. The molecule has 0 heterocycles. The van der Waals surface area contributed by atoms with Gasteiger partial charge in [-0.3, -0.25) is 14.9 Å². The second-order valence-corrected chi connectivity index (χ2v) is 7.01. The van der Waals surface area contributed by atoms with Gasteiger partial charge in [-0.05, 0) is 71.8 Å². The molecule has 0 spiro atoms. The number of amides is 1. The van der Waals surface area contributed by atoms with Gasteiger partial charge in [0.05, 0.1) is 22.2 Å². The van der Waals surface area contributed by atoms with Crippen LogP contribution in [0, 0.1) is 31.9 Å². The second-order valence-electron chi connectivity index (χ2n) is 5.85. The molecule has 0 aliphatic heterocycles. The van der Waals surface area contributed by atoms with Crippen molar-refractivity contribution in [2.75, 3.05) is 19.0 Å². The van der Waals surface area contributed by atoms with Gasteiger partial charge in [0.15, 0.2) is 11.5 Å². The summed E-state index contributed by atoms with van der Waals surface area (Å²) in [7, 11) is 1.51. The van der Waals surface area contributed by atoms with Crippen molar-refractivity contribution >= 4 is 45.9 Å². The number of nitriles is 1. The van der Waals surface area contributed by atoms with Crippen LogP contribution in [0.15, 0.2) is 35.9 Å². The number of nitro benzene ring substituents is 1. The number of anilines is 1. The normalized spacial score (nSPS) is 10.8. The molecule has 29 heavy (non-hydrogen) atoms. The summed E-state index contributed by atoms with van der Waals surface area (Å²) in [5.41, 5.74) is 1.31. The predicted molar refractivity (Wildman–Crippen MR) is 117 cm³/mol. The molecule has 2 rings (SSSR count). The number of methoxy groups -OCH3 is 1. The molecule has 0 atom stereocenters. The Balaban J connectivity index is 2.32. The molecular weight excluding hydrogens is 489 g/mol. The summed E-state index contributed by atoms with van der Waals surface area (Å²) >= 11 is 2.09. The zero-order chi connectivity index (χ0) is 21.6. The zero-order valence-electron chi connectivity index (χ0n) is 16.0. The highest BCUT2D eigenvalue weighted by Crippen LogP contribution is 2.34. The molecular formula is C20H18IN3O5. The highest BCUT2D eigenvalue weighted by Gasteiger charge is 2.15. The number of halogens is 1. The van der Waals surface area contributed by atoms with Crippen LogP contribution in [0.25, 0.3) is 6.08 Å². The third-order valence-corrected chi connectivity index (χ3v) is 4.69. The lowest BCUT2D eigenvalue weighted by atomic mass is 10.1. The van der Waals surface area contributed by atoms with Crippen molar-refractivity contribution < 1.29 is 19.2 Å². The predicted octanol–water partition coefficient (Wildman–Crippen LogP) is 4.46. The molecule has 1 amide bonds. The Morgan fingerprint density at radius 1 is 1.38 bits per heavy atom. The number of hydrogen-bond donors (Lipinski definition) is 1. The minimum atomic E-state index is -0.618. The van der Waals surface area contributed by atoms with Crippen LogP contribution < -0.4 is 14.8 Å². The minimum absolute atomic E-state index is 0.0763. The van der Waals surface area contributed by atoms with Crippen LogP contribution in [0.1, 0.15) is 18.1 Å². The molecule has 0 radical (unpaired) electrons. The van der Waals surface area contributed by atoms with Gasteiger partial charge in [0, 0.05) is 17.8 Å². The van der Waals surface area contributed by atoms with Crippen LogP contribution in [0.5, 0.6) is 11.5 Å². The number of ether oxygens (including phenoxy) is 2. The van der Waals surface area contributed by atoms with Gasteiger partial charge < -0.3 is 14.8 Å². The molecule has 0 bridgehead atoms. The number of carbonyl (C=O) groups is 1. The first-order valence-electron chi connectivity index (χ1n) is 8.49. The summed E-state index contributed by atoms with van der Waals surface area (Å²) in [6, 6.07) is 9.41. The number of aryl methyl sites for hydroxylation is 1. The van der Waals surface area contributed by atoms with E-state index in [1.54, 1.807) is 19.1 Å². The van der Waals surface area contributed by atoms with E-state index in [4.69, 9.17) is 9.47 Å². The first-order chi connectivity index (χ1) is 13.8. The minimum Gasteiger partial charge on any atom is -0.493 e. The number of hydrogen-bond acceptors (Lipinski definition) is 6. The van der Waals surface area contributed by atoms with Crippen molar-refractivity contribution in [2.24, 2.45) is 0 Å². The molecule has 9 heteroatoms. The van der Waals surface area contributed by atoms with E-state index in [0.717, 1.165) is 3.57 Å². The molecule has 8 nitrogen and oxygen atoms in total. The van der Waals surface area contributed by atoms with Crippen molar-refractivity contribution in [3.05, 3.63) is 60.7 Å². The molecule has 2 aromatic rings. The molecule has 0 aliphatic carbocycles. The van der Waals surface area contributed by atoms with Gasteiger partial charge in [-0.2, -0.15) is 5.26 Å². The van der Waals surface area contributed by atoms with Gasteiger partial charge >= 0.3 is 0 Å². The number of benzene rings is 2. The van der Waals surface area contributed by atoms with Crippen LogP contribution >= 0.6 is 22.6 Å². The fraction of sp³-hybridized carbons (Fsp3) is 0.200. The van der Waals surface area contributed by atoms with Crippen molar-refractivity contribution in [3.63, 3.8) is 0 Å². The standard InChI is InChI=1S/C20H18IN3O5/c1-4-29-19-16(21)9-13(10-18(19)28-3)8-14(11-22)20(25)23-17-6-5-15(24(26)27)7-12(17)2/h5-10H,4H2,1-3H3,(H,23,25). The lowest BCUT2D eigenvalue weighted by Crippen LogP contribution is -2.14. The molecule has 0 unspecified atom stereocenters. The average molecular weight is 507 g/mol. The lowest BCUT2D eigenvalue weighted by molar-refractivity contribution is -0.384. The summed E-state index contributed by atoms with van der Waals surface area (Å²) in [6.45, 7) is 3.97. The molecule has 0 fully saturated rings. The van der Waals surface area contributed by atoms with Gasteiger partial charge in [0.25, 0.3) is 11.6 Å². The Morgan fingerprint density at radius 3 is 2.66 bits per heavy atom. The largest absolute Gasteiger partial charge is 0.493 e. The molecule has 2 aromatic carbocycles. The fourth-order valence-electron chi connectivity index (χ4n) is 2.51. The number of rotatable bonds is 7. The van der Waals surface area contributed by atoms with Gasteiger partial charge in [0.2, 0.25) is 0 Å². The Hall–Kier alpha value is -3.13. The highest BCUT2D eigenvalue weighted by atomic mass is 127. The third kappa shape index (κ3) is 5.45. The smallest absolute Gasteiger partial charge is 0.269 e. The van der Waals surface area contributed by atoms with Crippen molar-refractivity contribution in [2.45, 2.75) is 13.8 Å². The molecule has 0 saturated heterocycles. The van der Waals surface area contributed by atoms with Gasteiger partial charge in [-0.1, -0.05) is 0 Å². The van der Waals surface area contributed by atoms with Crippen LogP contribution in [0.2, 0.25) is 0 Å². The number of nitro groups is 1. The third-order valence-electron chi connectivity index (χ3n) is 3.89. The quantitative estimate of drug-likeness (QED) is 0.195. The molecule has 1 N–H and O–H groups in total. The zero-order valence-corrected chi connectivity index (χ0v) is 18.1. The number of nitrogens with one attached hydrogen (secondary N) is 1. The van der Waals surface area contributed by atoms with E-state index < -0.39 is 10.8 Å². The molecule has 0 aromatic heterocycles. The van der Waals surface area contributed by atoms with E-state index in [-0.39, 0.29) is 11.3 Å². The highest BCUT2D eigenvalue weighted by molar-refractivity contribution is 14.1. The first kappa shape index (κ1) is 22.2. The lowest BCUT2D eigenvalue weighted by Gasteiger charge is -2.12. The van der Waals surface area contributed by atoms with E-state index in [9.17, 15) is 20.2 Å². The van der Waals surface area contributed by atoms with E-state index in [2.05, 4.69) is 27.9 Å². The van der Waals surface area contributed by atoms with E-state index in [1.807, 2.05) is 13.0 Å². The van der Waals surface area contributed by atoms with E-state index >= 15 is 0 Å². The Bertz CT molecular complexity index is 1030. The monoisotopic (exact) mass is 507 g/mol. The van der Waals surface area contributed by atoms with Gasteiger partial charge in [-0.15, -0.1) is 0 Å². The van der Waals surface area contributed by atoms with E-state index in [1.165, 1.54) is 31.4 Å². The maximum absolute atomic E-state index is 12.5. The molecule has 0 saturated carbocycles. The van der Waals surface area contributed by atoms with Crippen LogP contribution in [0.3, 0.4) is 0 Å². The number of carbonyl (C=O) groups excluding carboxylic acids is 1. The Kier molecular flexibility index (Phi) is 7.55. The van der Waals surface area contributed by atoms with Crippen LogP contribution in [-0.2, 0) is 4.79 Å². The summed E-state index contributed by atoms with van der Waals surface area (Å²) in [5.74, 6) is 0.471.